The Morgan fingerprint density at radius 1 is 1.04 bits per heavy atom. The van der Waals surface area contributed by atoms with Gasteiger partial charge in [-0.3, -0.25) is 0 Å². The maximum Gasteiger partial charge on any atom is 0.187 e. The van der Waals surface area contributed by atoms with Gasteiger partial charge in [0.05, 0.1) is 11.0 Å². The SMILES string of the molecule is CCc1nc2c(N)nc3ccccc3c2n1CCCCSc1ncccn1. The van der Waals surface area contributed by atoms with Crippen LogP contribution in [-0.2, 0) is 13.0 Å². The van der Waals surface area contributed by atoms with Crippen LogP contribution < -0.4 is 5.73 Å². The van der Waals surface area contributed by atoms with E-state index < -0.39 is 0 Å². The van der Waals surface area contributed by atoms with E-state index in [1.165, 1.54) is 0 Å². The minimum absolute atomic E-state index is 0.508. The highest BCUT2D eigenvalue weighted by molar-refractivity contribution is 7.99. The van der Waals surface area contributed by atoms with Crippen molar-refractivity contribution in [1.29, 1.82) is 0 Å². The van der Waals surface area contributed by atoms with Gasteiger partial charge in [-0.25, -0.2) is 19.9 Å². The van der Waals surface area contributed by atoms with Crippen molar-refractivity contribution in [3.63, 3.8) is 0 Å². The van der Waals surface area contributed by atoms with Crippen LogP contribution >= 0.6 is 11.8 Å². The zero-order chi connectivity index (χ0) is 18.6. The van der Waals surface area contributed by atoms with Crippen molar-refractivity contribution in [3.8, 4) is 0 Å². The molecule has 27 heavy (non-hydrogen) atoms. The number of imidazole rings is 1. The van der Waals surface area contributed by atoms with Gasteiger partial charge < -0.3 is 10.3 Å². The number of para-hydroxylation sites is 1. The van der Waals surface area contributed by atoms with Crippen molar-refractivity contribution in [2.45, 2.75) is 37.9 Å². The van der Waals surface area contributed by atoms with Crippen molar-refractivity contribution < 1.29 is 0 Å². The minimum atomic E-state index is 0.508. The van der Waals surface area contributed by atoms with Gasteiger partial charge in [-0.1, -0.05) is 36.9 Å². The molecule has 3 heterocycles. The molecular weight excluding hydrogens is 356 g/mol. The molecule has 0 aliphatic rings. The third-order valence-electron chi connectivity index (χ3n) is 4.55. The highest BCUT2D eigenvalue weighted by Gasteiger charge is 2.16. The Morgan fingerprint density at radius 3 is 2.67 bits per heavy atom. The number of nitrogens with zero attached hydrogens (tertiary/aromatic N) is 5. The largest absolute Gasteiger partial charge is 0.382 e. The summed E-state index contributed by atoms with van der Waals surface area (Å²) in [6.45, 7) is 3.05. The van der Waals surface area contributed by atoms with Gasteiger partial charge in [0.15, 0.2) is 11.0 Å². The summed E-state index contributed by atoms with van der Waals surface area (Å²) in [5.74, 6) is 2.57. The lowest BCUT2D eigenvalue weighted by Crippen LogP contribution is -2.04. The first-order chi connectivity index (χ1) is 13.3. The first kappa shape index (κ1) is 17.7. The number of hydrogen-bond acceptors (Lipinski definition) is 6. The molecule has 0 unspecified atom stereocenters. The molecule has 0 atom stereocenters. The van der Waals surface area contributed by atoms with Crippen LogP contribution in [-0.4, -0.2) is 30.3 Å². The molecule has 0 bridgehead atoms. The summed E-state index contributed by atoms with van der Waals surface area (Å²) in [5.41, 5.74) is 9.04. The number of nitrogen functional groups attached to an aromatic ring is 1. The highest BCUT2D eigenvalue weighted by atomic mass is 32.2. The van der Waals surface area contributed by atoms with Gasteiger partial charge in [-0.05, 0) is 25.0 Å². The second kappa shape index (κ2) is 7.92. The first-order valence-electron chi connectivity index (χ1n) is 9.21. The zero-order valence-electron chi connectivity index (χ0n) is 15.3. The lowest BCUT2D eigenvalue weighted by molar-refractivity contribution is 0.623. The molecule has 4 aromatic rings. The van der Waals surface area contributed by atoms with E-state index in [4.69, 9.17) is 10.7 Å². The number of benzene rings is 1. The maximum atomic E-state index is 6.20. The van der Waals surface area contributed by atoms with Gasteiger partial charge in [0.25, 0.3) is 0 Å². The van der Waals surface area contributed by atoms with Gasteiger partial charge >= 0.3 is 0 Å². The topological polar surface area (TPSA) is 82.5 Å². The Hall–Kier alpha value is -2.67. The number of anilines is 1. The zero-order valence-corrected chi connectivity index (χ0v) is 16.1. The van der Waals surface area contributed by atoms with Crippen LogP contribution in [0, 0.1) is 0 Å². The average Bonchev–Trinajstić information content (AvgIpc) is 3.08. The Balaban J connectivity index is 1.55. The van der Waals surface area contributed by atoms with E-state index in [1.54, 1.807) is 24.2 Å². The molecule has 7 heteroatoms. The van der Waals surface area contributed by atoms with E-state index in [2.05, 4.69) is 32.5 Å². The number of thioether (sulfide) groups is 1. The molecule has 0 radical (unpaired) electrons. The van der Waals surface area contributed by atoms with Gasteiger partial charge in [0.2, 0.25) is 0 Å². The summed E-state index contributed by atoms with van der Waals surface area (Å²) in [5, 5.41) is 1.95. The second-order valence-corrected chi connectivity index (χ2v) is 7.39. The smallest absolute Gasteiger partial charge is 0.187 e. The molecule has 0 saturated carbocycles. The molecule has 0 aliphatic carbocycles. The number of hydrogen-bond donors (Lipinski definition) is 1. The summed E-state index contributed by atoms with van der Waals surface area (Å²) in [6, 6.07) is 9.98. The Kier molecular flexibility index (Phi) is 5.20. The Labute approximate surface area is 162 Å². The summed E-state index contributed by atoms with van der Waals surface area (Å²) in [4.78, 5) is 17.8. The van der Waals surface area contributed by atoms with Crippen LogP contribution in [0.15, 0.2) is 47.9 Å². The summed E-state index contributed by atoms with van der Waals surface area (Å²) in [6.07, 6.45) is 6.59. The standard InChI is InChI=1S/C20H22N6S/c1-2-16-25-17-18(14-8-3-4-9-15(14)24-19(17)21)26(16)12-5-6-13-27-20-22-10-7-11-23-20/h3-4,7-11H,2,5-6,12-13H2,1H3,(H2,21,24). The molecule has 0 saturated heterocycles. The number of fused-ring (bicyclic) bond motifs is 3. The summed E-state index contributed by atoms with van der Waals surface area (Å²) < 4.78 is 2.32. The number of aromatic nitrogens is 5. The van der Waals surface area contributed by atoms with E-state index in [0.717, 1.165) is 64.5 Å². The van der Waals surface area contributed by atoms with E-state index >= 15 is 0 Å². The molecule has 0 aliphatic heterocycles. The molecular formula is C20H22N6S. The van der Waals surface area contributed by atoms with Crippen molar-refractivity contribution in [3.05, 3.63) is 48.5 Å². The number of aryl methyl sites for hydroxylation is 2. The number of rotatable bonds is 7. The molecule has 6 nitrogen and oxygen atoms in total. The molecule has 2 N–H and O–H groups in total. The number of pyridine rings is 1. The molecule has 0 fully saturated rings. The Bertz CT molecular complexity index is 1060. The lowest BCUT2D eigenvalue weighted by Gasteiger charge is -2.10. The van der Waals surface area contributed by atoms with Crippen molar-refractivity contribution >= 4 is 39.5 Å². The summed E-state index contributed by atoms with van der Waals surface area (Å²) in [7, 11) is 0. The van der Waals surface area contributed by atoms with Gasteiger partial charge in [-0.2, -0.15) is 0 Å². The minimum Gasteiger partial charge on any atom is -0.382 e. The highest BCUT2D eigenvalue weighted by Crippen LogP contribution is 2.29. The van der Waals surface area contributed by atoms with Crippen molar-refractivity contribution in [2.75, 3.05) is 11.5 Å². The summed E-state index contributed by atoms with van der Waals surface area (Å²) >= 11 is 1.70. The van der Waals surface area contributed by atoms with E-state index in [-0.39, 0.29) is 0 Å². The average molecular weight is 379 g/mol. The molecule has 138 valence electrons. The fourth-order valence-electron chi connectivity index (χ4n) is 3.31. The molecule has 3 aromatic heterocycles. The van der Waals surface area contributed by atoms with Crippen LogP contribution in [0.4, 0.5) is 5.82 Å². The molecule has 0 amide bonds. The normalized spacial score (nSPS) is 11.4. The quantitative estimate of drug-likeness (QED) is 0.296. The van der Waals surface area contributed by atoms with Crippen LogP contribution in [0.25, 0.3) is 21.9 Å². The third kappa shape index (κ3) is 3.60. The van der Waals surface area contributed by atoms with Crippen LogP contribution in [0.5, 0.6) is 0 Å². The molecule has 0 spiro atoms. The number of nitrogens with two attached hydrogens (primary N) is 1. The second-order valence-electron chi connectivity index (χ2n) is 6.33. The van der Waals surface area contributed by atoms with E-state index in [1.807, 2.05) is 24.3 Å². The molecule has 1 aromatic carbocycles. The van der Waals surface area contributed by atoms with E-state index in [9.17, 15) is 0 Å². The van der Waals surface area contributed by atoms with Crippen LogP contribution in [0.2, 0.25) is 0 Å². The van der Waals surface area contributed by atoms with Gasteiger partial charge in [-0.15, -0.1) is 0 Å². The molecule has 4 rings (SSSR count). The van der Waals surface area contributed by atoms with Crippen molar-refractivity contribution in [2.24, 2.45) is 0 Å². The predicted molar refractivity (Wildman–Crippen MR) is 111 cm³/mol. The van der Waals surface area contributed by atoms with Crippen molar-refractivity contribution in [1.82, 2.24) is 24.5 Å². The number of unbranched alkanes of at least 4 members (excludes halogenated alkanes) is 1. The fraction of sp³-hybridized carbons (Fsp3) is 0.300. The fourth-order valence-corrected chi connectivity index (χ4v) is 4.11. The van der Waals surface area contributed by atoms with E-state index in [0.29, 0.717) is 5.82 Å². The van der Waals surface area contributed by atoms with Crippen LogP contribution in [0.1, 0.15) is 25.6 Å². The third-order valence-corrected chi connectivity index (χ3v) is 5.52. The Morgan fingerprint density at radius 2 is 1.85 bits per heavy atom. The van der Waals surface area contributed by atoms with Gasteiger partial charge in [0.1, 0.15) is 11.3 Å². The monoisotopic (exact) mass is 378 g/mol. The van der Waals surface area contributed by atoms with Crippen LogP contribution in [0.3, 0.4) is 0 Å². The first-order valence-corrected chi connectivity index (χ1v) is 10.2. The van der Waals surface area contributed by atoms with Gasteiger partial charge in [0, 0.05) is 36.5 Å². The maximum absolute atomic E-state index is 6.20. The lowest BCUT2D eigenvalue weighted by atomic mass is 10.2. The predicted octanol–water partition coefficient (Wildman–Crippen LogP) is 4.09.